The molecule has 21 heavy (non-hydrogen) atoms. The van der Waals surface area contributed by atoms with Crippen LogP contribution in [0.2, 0.25) is 0 Å². The molecule has 124 valence electrons. The predicted octanol–water partition coefficient (Wildman–Crippen LogP) is 0.218. The van der Waals surface area contributed by atoms with Crippen molar-refractivity contribution in [2.75, 3.05) is 46.2 Å². The van der Waals surface area contributed by atoms with Gasteiger partial charge in [-0.05, 0) is 6.42 Å². The lowest BCUT2D eigenvalue weighted by Crippen LogP contribution is -2.27. The Balaban J connectivity index is 3.11. The summed E-state index contributed by atoms with van der Waals surface area (Å²) < 4.78 is 15.4. The minimum absolute atomic E-state index is 0.0786. The number of nitrogens with two attached hydrogens (primary N) is 1. The van der Waals surface area contributed by atoms with Crippen LogP contribution in [0.3, 0.4) is 0 Å². The molecule has 3 N–H and O–H groups in total. The molecule has 0 heterocycles. The van der Waals surface area contributed by atoms with Crippen LogP contribution in [0, 0.1) is 0 Å². The average Bonchev–Trinajstić information content (AvgIpc) is 2.44. The van der Waals surface area contributed by atoms with E-state index in [1.54, 1.807) is 0 Å². The Labute approximate surface area is 126 Å². The van der Waals surface area contributed by atoms with Crippen molar-refractivity contribution in [3.8, 4) is 0 Å². The lowest BCUT2D eigenvalue weighted by Gasteiger charge is -2.07. The smallest absolute Gasteiger partial charge is 0.243 e. The van der Waals surface area contributed by atoms with Gasteiger partial charge in [0.15, 0.2) is 0 Å². The first-order valence-electron chi connectivity index (χ1n) is 7.45. The van der Waals surface area contributed by atoms with E-state index in [2.05, 4.69) is 12.2 Å². The Kier molecular flexibility index (Phi) is 14.4. The number of hydrogen-bond donors (Lipinski definition) is 2. The fraction of sp³-hybridized carbons (Fsp3) is 0.857. The second kappa shape index (κ2) is 15.2. The minimum Gasteiger partial charge on any atom is -0.377 e. The zero-order chi connectivity index (χ0) is 15.8. The van der Waals surface area contributed by atoms with Crippen LogP contribution in [-0.2, 0) is 23.8 Å². The number of carbonyl (C=O) groups excluding carboxylic acids is 2. The highest BCUT2D eigenvalue weighted by Crippen LogP contribution is 1.97. The standard InChI is InChI=1S/C14H28N2O5/c1-2-3-4-5-14(18)16-6-7-19-8-9-20-10-11-21-12-13(15)17/h2-12H2,1H3,(H2,15,17)(H,16,18). The summed E-state index contributed by atoms with van der Waals surface area (Å²) in [5.41, 5.74) is 4.90. The number of amides is 2. The van der Waals surface area contributed by atoms with Crippen LogP contribution < -0.4 is 11.1 Å². The lowest BCUT2D eigenvalue weighted by molar-refractivity contribution is -0.123. The monoisotopic (exact) mass is 304 g/mol. The van der Waals surface area contributed by atoms with Gasteiger partial charge in [0.25, 0.3) is 0 Å². The third-order valence-corrected chi connectivity index (χ3v) is 2.56. The van der Waals surface area contributed by atoms with Crippen LogP contribution in [0.15, 0.2) is 0 Å². The molecule has 2 amide bonds. The summed E-state index contributed by atoms with van der Waals surface area (Å²) in [5, 5.41) is 2.80. The van der Waals surface area contributed by atoms with E-state index < -0.39 is 5.91 Å². The van der Waals surface area contributed by atoms with Crippen molar-refractivity contribution < 1.29 is 23.8 Å². The highest BCUT2D eigenvalue weighted by atomic mass is 16.5. The van der Waals surface area contributed by atoms with E-state index in [0.717, 1.165) is 19.3 Å². The van der Waals surface area contributed by atoms with Gasteiger partial charge < -0.3 is 25.3 Å². The molecule has 7 nitrogen and oxygen atoms in total. The molecular weight excluding hydrogens is 276 g/mol. The van der Waals surface area contributed by atoms with Crippen molar-refractivity contribution in [2.45, 2.75) is 32.6 Å². The van der Waals surface area contributed by atoms with Gasteiger partial charge in [0.1, 0.15) is 6.61 Å². The van der Waals surface area contributed by atoms with Gasteiger partial charge in [-0.15, -0.1) is 0 Å². The summed E-state index contributed by atoms with van der Waals surface area (Å²) in [6, 6.07) is 0. The Morgan fingerprint density at radius 2 is 1.57 bits per heavy atom. The highest BCUT2D eigenvalue weighted by Gasteiger charge is 1.99. The number of nitrogens with one attached hydrogen (secondary N) is 1. The van der Waals surface area contributed by atoms with Gasteiger partial charge in [-0.25, -0.2) is 0 Å². The molecule has 0 atom stereocenters. The number of primary amides is 1. The van der Waals surface area contributed by atoms with Gasteiger partial charge in [-0.3, -0.25) is 9.59 Å². The molecule has 0 fully saturated rings. The van der Waals surface area contributed by atoms with E-state index in [1.807, 2.05) is 0 Å². The molecular formula is C14H28N2O5. The van der Waals surface area contributed by atoms with Gasteiger partial charge >= 0.3 is 0 Å². The summed E-state index contributed by atoms with van der Waals surface area (Å²) >= 11 is 0. The van der Waals surface area contributed by atoms with Crippen molar-refractivity contribution in [3.63, 3.8) is 0 Å². The summed E-state index contributed by atoms with van der Waals surface area (Å²) in [7, 11) is 0. The second-order valence-corrected chi connectivity index (χ2v) is 4.55. The Morgan fingerprint density at radius 1 is 0.952 bits per heavy atom. The van der Waals surface area contributed by atoms with Crippen LogP contribution in [0.4, 0.5) is 0 Å². The fourth-order valence-corrected chi connectivity index (χ4v) is 1.50. The zero-order valence-corrected chi connectivity index (χ0v) is 12.9. The first kappa shape index (κ1) is 19.8. The van der Waals surface area contributed by atoms with Crippen LogP contribution in [-0.4, -0.2) is 58.0 Å². The Bertz CT molecular complexity index is 274. The Morgan fingerprint density at radius 3 is 2.19 bits per heavy atom. The Hall–Kier alpha value is -1.18. The molecule has 0 saturated carbocycles. The quantitative estimate of drug-likeness (QED) is 0.422. The molecule has 0 aliphatic rings. The molecule has 0 spiro atoms. The summed E-state index contributed by atoms with van der Waals surface area (Å²) in [4.78, 5) is 21.7. The zero-order valence-electron chi connectivity index (χ0n) is 12.9. The first-order chi connectivity index (χ1) is 10.2. The lowest BCUT2D eigenvalue weighted by atomic mass is 10.2. The molecule has 0 rings (SSSR count). The van der Waals surface area contributed by atoms with Crippen molar-refractivity contribution in [2.24, 2.45) is 5.73 Å². The van der Waals surface area contributed by atoms with E-state index in [1.165, 1.54) is 0 Å². The molecule has 0 aromatic heterocycles. The van der Waals surface area contributed by atoms with Crippen LogP contribution in [0.1, 0.15) is 32.6 Å². The van der Waals surface area contributed by atoms with E-state index in [-0.39, 0.29) is 12.5 Å². The van der Waals surface area contributed by atoms with Gasteiger partial charge in [0.2, 0.25) is 11.8 Å². The maximum Gasteiger partial charge on any atom is 0.243 e. The van der Waals surface area contributed by atoms with Crippen LogP contribution in [0.25, 0.3) is 0 Å². The summed E-state index contributed by atoms with van der Waals surface area (Å²) in [5.74, 6) is -0.412. The number of unbranched alkanes of at least 4 members (excludes halogenated alkanes) is 2. The number of hydrogen-bond acceptors (Lipinski definition) is 5. The molecule has 0 radical (unpaired) electrons. The average molecular weight is 304 g/mol. The van der Waals surface area contributed by atoms with Gasteiger partial charge in [-0.1, -0.05) is 19.8 Å². The predicted molar refractivity (Wildman–Crippen MR) is 78.8 cm³/mol. The number of rotatable bonds is 15. The maximum atomic E-state index is 11.4. The van der Waals surface area contributed by atoms with Crippen molar-refractivity contribution in [1.29, 1.82) is 0 Å². The minimum atomic E-state index is -0.491. The first-order valence-corrected chi connectivity index (χ1v) is 7.45. The van der Waals surface area contributed by atoms with Crippen molar-refractivity contribution in [1.82, 2.24) is 5.32 Å². The molecule has 7 heteroatoms. The molecule has 0 saturated heterocycles. The summed E-state index contributed by atoms with van der Waals surface area (Å²) in [6.07, 6.45) is 3.73. The molecule has 0 aliphatic carbocycles. The van der Waals surface area contributed by atoms with E-state index in [9.17, 15) is 9.59 Å². The number of carbonyl (C=O) groups is 2. The fourth-order valence-electron chi connectivity index (χ4n) is 1.50. The van der Waals surface area contributed by atoms with Gasteiger partial charge in [0.05, 0.1) is 33.0 Å². The molecule has 0 aromatic rings. The second-order valence-electron chi connectivity index (χ2n) is 4.55. The summed E-state index contributed by atoms with van der Waals surface area (Å²) in [6.45, 7) is 4.65. The molecule has 0 aliphatic heterocycles. The molecule has 0 unspecified atom stereocenters. The number of ether oxygens (including phenoxy) is 3. The third-order valence-electron chi connectivity index (χ3n) is 2.56. The van der Waals surface area contributed by atoms with Crippen LogP contribution in [0.5, 0.6) is 0 Å². The maximum absolute atomic E-state index is 11.4. The SMILES string of the molecule is CCCCCC(=O)NCCOCCOCCOCC(N)=O. The van der Waals surface area contributed by atoms with E-state index in [4.69, 9.17) is 19.9 Å². The van der Waals surface area contributed by atoms with E-state index in [0.29, 0.717) is 46.0 Å². The molecule has 0 aromatic carbocycles. The normalized spacial score (nSPS) is 10.5. The van der Waals surface area contributed by atoms with Crippen LogP contribution >= 0.6 is 0 Å². The largest absolute Gasteiger partial charge is 0.377 e. The molecule has 0 bridgehead atoms. The van der Waals surface area contributed by atoms with Gasteiger partial charge in [0, 0.05) is 13.0 Å². The third kappa shape index (κ3) is 16.8. The highest BCUT2D eigenvalue weighted by molar-refractivity contribution is 5.75. The van der Waals surface area contributed by atoms with Crippen molar-refractivity contribution in [3.05, 3.63) is 0 Å². The van der Waals surface area contributed by atoms with E-state index >= 15 is 0 Å². The van der Waals surface area contributed by atoms with Gasteiger partial charge in [-0.2, -0.15) is 0 Å². The topological polar surface area (TPSA) is 99.9 Å². The van der Waals surface area contributed by atoms with Crippen molar-refractivity contribution >= 4 is 11.8 Å².